The van der Waals surface area contributed by atoms with Gasteiger partial charge in [0.2, 0.25) is 5.60 Å². The Hall–Kier alpha value is -1.16. The van der Waals surface area contributed by atoms with Crippen LogP contribution in [0.15, 0.2) is 12.2 Å². The molecular weight excluding hydrogens is 148 g/mol. The number of aliphatic hydroxyl groups is 1. The van der Waals surface area contributed by atoms with E-state index in [1.165, 1.54) is 6.08 Å². The van der Waals surface area contributed by atoms with Gasteiger partial charge in [-0.2, -0.15) is 0 Å². The third kappa shape index (κ3) is 1.17. The summed E-state index contributed by atoms with van der Waals surface area (Å²) in [6.07, 6.45) is 3.13. The number of ketones is 1. The number of hydrogen-bond acceptors (Lipinski definition) is 3. The number of carboxylic acid groups (broad SMARTS) is 1. The first kappa shape index (κ1) is 7.94. The maximum absolute atomic E-state index is 10.9. The quantitative estimate of drug-likeness (QED) is 0.404. The summed E-state index contributed by atoms with van der Waals surface area (Å²) >= 11 is 0. The molecule has 0 aromatic rings. The summed E-state index contributed by atoms with van der Waals surface area (Å²) < 4.78 is 0. The highest BCUT2D eigenvalue weighted by molar-refractivity contribution is 6.09. The smallest absolute Gasteiger partial charge is 0.347 e. The lowest BCUT2D eigenvalue weighted by Crippen LogP contribution is -2.45. The fraction of sp³-hybridized carbons (Fsp3) is 0.429. The largest absolute Gasteiger partial charge is 0.479 e. The average molecular weight is 156 g/mol. The topological polar surface area (TPSA) is 74.6 Å². The zero-order valence-corrected chi connectivity index (χ0v) is 5.78. The normalized spacial score (nSPS) is 30.5. The maximum atomic E-state index is 10.9. The molecule has 0 aromatic carbocycles. The third-order valence-corrected chi connectivity index (χ3v) is 1.65. The van der Waals surface area contributed by atoms with Crippen molar-refractivity contribution in [2.75, 3.05) is 0 Å². The SMILES string of the molecule is O=C(O)C1(O)C=CCCC1=O. The van der Waals surface area contributed by atoms with Gasteiger partial charge in [-0.25, -0.2) is 4.79 Å². The first-order valence-corrected chi connectivity index (χ1v) is 3.24. The van der Waals surface area contributed by atoms with Crippen LogP contribution < -0.4 is 0 Å². The van der Waals surface area contributed by atoms with Gasteiger partial charge in [0.1, 0.15) is 0 Å². The van der Waals surface area contributed by atoms with Crippen LogP contribution in [0.2, 0.25) is 0 Å². The van der Waals surface area contributed by atoms with Crippen LogP contribution in [-0.4, -0.2) is 27.6 Å². The van der Waals surface area contributed by atoms with Crippen molar-refractivity contribution in [1.29, 1.82) is 0 Å². The van der Waals surface area contributed by atoms with Crippen LogP contribution in [0.3, 0.4) is 0 Å². The van der Waals surface area contributed by atoms with E-state index in [1.807, 2.05) is 0 Å². The molecule has 1 rings (SSSR count). The number of carbonyl (C=O) groups is 2. The maximum Gasteiger partial charge on any atom is 0.347 e. The molecule has 1 aliphatic rings. The van der Waals surface area contributed by atoms with E-state index in [-0.39, 0.29) is 6.42 Å². The van der Waals surface area contributed by atoms with Crippen molar-refractivity contribution in [3.63, 3.8) is 0 Å². The van der Waals surface area contributed by atoms with Crippen molar-refractivity contribution in [1.82, 2.24) is 0 Å². The van der Waals surface area contributed by atoms with Crippen molar-refractivity contribution >= 4 is 11.8 Å². The number of rotatable bonds is 1. The lowest BCUT2D eigenvalue weighted by Gasteiger charge is -2.20. The molecule has 2 N–H and O–H groups in total. The van der Waals surface area contributed by atoms with E-state index in [0.29, 0.717) is 6.42 Å². The molecule has 4 nitrogen and oxygen atoms in total. The standard InChI is InChI=1S/C7H8O4/c8-5-3-1-2-4-7(5,11)6(9)10/h2,4,11H,1,3H2,(H,9,10). The summed E-state index contributed by atoms with van der Waals surface area (Å²) in [4.78, 5) is 21.2. The number of allylic oxidation sites excluding steroid dienone is 1. The third-order valence-electron chi connectivity index (χ3n) is 1.65. The number of carboxylic acids is 1. The average Bonchev–Trinajstić information content (AvgIpc) is 1.95. The van der Waals surface area contributed by atoms with Gasteiger partial charge >= 0.3 is 5.97 Å². The van der Waals surface area contributed by atoms with Crippen molar-refractivity contribution in [2.24, 2.45) is 0 Å². The Morgan fingerprint density at radius 1 is 1.64 bits per heavy atom. The predicted molar refractivity (Wildman–Crippen MR) is 36.0 cm³/mol. The van der Waals surface area contributed by atoms with Crippen LogP contribution in [0.5, 0.6) is 0 Å². The van der Waals surface area contributed by atoms with Gasteiger partial charge in [0.25, 0.3) is 0 Å². The van der Waals surface area contributed by atoms with E-state index in [1.54, 1.807) is 0 Å². The molecule has 0 bridgehead atoms. The number of carbonyl (C=O) groups excluding carboxylic acids is 1. The van der Waals surface area contributed by atoms with Gasteiger partial charge in [0.15, 0.2) is 5.78 Å². The molecule has 60 valence electrons. The second kappa shape index (κ2) is 2.47. The second-order valence-corrected chi connectivity index (χ2v) is 2.44. The molecule has 0 radical (unpaired) electrons. The highest BCUT2D eigenvalue weighted by Gasteiger charge is 2.42. The van der Waals surface area contributed by atoms with E-state index >= 15 is 0 Å². The molecule has 4 heteroatoms. The minimum Gasteiger partial charge on any atom is -0.479 e. The van der Waals surface area contributed by atoms with Gasteiger partial charge in [0.05, 0.1) is 0 Å². The van der Waals surface area contributed by atoms with E-state index < -0.39 is 17.4 Å². The van der Waals surface area contributed by atoms with Crippen molar-refractivity contribution < 1.29 is 19.8 Å². The van der Waals surface area contributed by atoms with Gasteiger partial charge < -0.3 is 10.2 Å². The molecule has 0 amide bonds. The van der Waals surface area contributed by atoms with Crippen molar-refractivity contribution in [3.05, 3.63) is 12.2 Å². The van der Waals surface area contributed by atoms with Gasteiger partial charge in [-0.15, -0.1) is 0 Å². The minimum absolute atomic E-state index is 0.0965. The van der Waals surface area contributed by atoms with E-state index in [2.05, 4.69) is 0 Å². The monoisotopic (exact) mass is 156 g/mol. The van der Waals surface area contributed by atoms with E-state index in [4.69, 9.17) is 5.11 Å². The van der Waals surface area contributed by atoms with Gasteiger partial charge in [-0.05, 0) is 12.5 Å². The zero-order chi connectivity index (χ0) is 8.48. The first-order valence-electron chi connectivity index (χ1n) is 3.24. The fourth-order valence-corrected chi connectivity index (χ4v) is 0.942. The molecule has 1 atom stereocenters. The Kier molecular flexibility index (Phi) is 1.78. The van der Waals surface area contributed by atoms with Crippen molar-refractivity contribution in [2.45, 2.75) is 18.4 Å². The van der Waals surface area contributed by atoms with Crippen LogP contribution in [0.1, 0.15) is 12.8 Å². The Morgan fingerprint density at radius 3 is 2.64 bits per heavy atom. The van der Waals surface area contributed by atoms with Gasteiger partial charge in [-0.3, -0.25) is 4.79 Å². The summed E-state index contributed by atoms with van der Waals surface area (Å²) in [5.74, 6) is -2.15. The van der Waals surface area contributed by atoms with E-state index in [0.717, 1.165) is 6.08 Å². The molecule has 0 fully saturated rings. The number of aliphatic carboxylic acids is 1. The van der Waals surface area contributed by atoms with Crippen LogP contribution in [0.4, 0.5) is 0 Å². The van der Waals surface area contributed by atoms with Crippen molar-refractivity contribution in [3.8, 4) is 0 Å². The summed E-state index contributed by atoms with van der Waals surface area (Å²) in [6.45, 7) is 0. The number of Topliss-reactive ketones (excluding diaryl/α,β-unsaturated/α-hetero) is 1. The molecule has 1 unspecified atom stereocenters. The zero-order valence-electron chi connectivity index (χ0n) is 5.78. The molecule has 1 aliphatic carbocycles. The molecule has 0 aromatic heterocycles. The Balaban J connectivity index is 2.98. The molecular formula is C7H8O4. The second-order valence-electron chi connectivity index (χ2n) is 2.44. The van der Waals surface area contributed by atoms with Crippen LogP contribution in [0, 0.1) is 0 Å². The van der Waals surface area contributed by atoms with Gasteiger partial charge in [-0.1, -0.05) is 6.08 Å². The molecule has 0 spiro atoms. The lowest BCUT2D eigenvalue weighted by molar-refractivity contribution is -0.160. The molecule has 11 heavy (non-hydrogen) atoms. The Labute approximate surface area is 63.1 Å². The summed E-state index contributed by atoms with van der Waals surface area (Å²) in [5.41, 5.74) is -2.27. The lowest BCUT2D eigenvalue weighted by atomic mass is 9.90. The van der Waals surface area contributed by atoms with Crippen LogP contribution in [0.25, 0.3) is 0 Å². The van der Waals surface area contributed by atoms with E-state index in [9.17, 15) is 14.7 Å². The predicted octanol–water partition coefficient (Wildman–Crippen LogP) is -0.279. The minimum atomic E-state index is -2.27. The molecule has 0 aliphatic heterocycles. The first-order chi connectivity index (χ1) is 5.07. The highest BCUT2D eigenvalue weighted by Crippen LogP contribution is 2.18. The summed E-state index contributed by atoms with van der Waals surface area (Å²) in [7, 11) is 0. The molecule has 0 heterocycles. The summed E-state index contributed by atoms with van der Waals surface area (Å²) in [5, 5.41) is 17.6. The molecule has 0 saturated carbocycles. The Morgan fingerprint density at radius 2 is 2.27 bits per heavy atom. The number of hydrogen-bond donors (Lipinski definition) is 2. The fourth-order valence-electron chi connectivity index (χ4n) is 0.942. The van der Waals surface area contributed by atoms with Gasteiger partial charge in [0, 0.05) is 6.42 Å². The molecule has 0 saturated heterocycles. The van der Waals surface area contributed by atoms with Crippen LogP contribution in [-0.2, 0) is 9.59 Å². The summed E-state index contributed by atoms with van der Waals surface area (Å²) in [6, 6.07) is 0. The Bertz CT molecular complexity index is 231. The van der Waals surface area contributed by atoms with Crippen LogP contribution >= 0.6 is 0 Å². The highest BCUT2D eigenvalue weighted by atomic mass is 16.4.